The highest BCUT2D eigenvalue weighted by atomic mass is 19.1. The van der Waals surface area contributed by atoms with E-state index in [1.165, 1.54) is 13.0 Å². The molecule has 2 aromatic carbocycles. The van der Waals surface area contributed by atoms with E-state index in [9.17, 15) is 9.90 Å². The van der Waals surface area contributed by atoms with E-state index in [4.69, 9.17) is 0 Å². The van der Waals surface area contributed by atoms with Crippen molar-refractivity contribution in [1.82, 2.24) is 0 Å². The summed E-state index contributed by atoms with van der Waals surface area (Å²) in [5.41, 5.74) is 5.18. The minimum absolute atomic E-state index is 0.0668. The normalized spacial score (nSPS) is 9.89. The Morgan fingerprint density at radius 2 is 1.49 bits per heavy atom. The largest absolute Gasteiger partial charge is 0.392 e. The zero-order valence-corrected chi connectivity index (χ0v) is 23.4. The molecule has 0 saturated carbocycles. The van der Waals surface area contributed by atoms with E-state index < -0.39 is 24.1 Å². The van der Waals surface area contributed by atoms with Crippen LogP contribution in [0.4, 0.5) is 14.5 Å². The summed E-state index contributed by atoms with van der Waals surface area (Å²) < 4.78 is 31.5. The third-order valence-corrected chi connectivity index (χ3v) is 5.63. The maximum absolute atomic E-state index is 16.1. The Balaban J connectivity index is 0.00000274. The Hall–Kier alpha value is -2.79. The molecule has 0 aromatic heterocycles. The minimum atomic E-state index is -0.727. The summed E-state index contributed by atoms with van der Waals surface area (Å²) in [5.74, 6) is -1.75. The van der Waals surface area contributed by atoms with Crippen LogP contribution in [0.5, 0.6) is 0 Å². The van der Waals surface area contributed by atoms with E-state index in [-0.39, 0.29) is 16.8 Å². The van der Waals surface area contributed by atoms with Crippen LogP contribution in [0.3, 0.4) is 0 Å². The van der Waals surface area contributed by atoms with Crippen molar-refractivity contribution < 1.29 is 18.7 Å². The second-order valence-corrected chi connectivity index (χ2v) is 8.11. The second-order valence-electron chi connectivity index (χ2n) is 8.11. The number of carbonyl (C=O) groups is 1. The van der Waals surface area contributed by atoms with Gasteiger partial charge in [0.1, 0.15) is 5.82 Å². The van der Waals surface area contributed by atoms with Gasteiger partial charge in [0.25, 0.3) is 0 Å². The van der Waals surface area contributed by atoms with Gasteiger partial charge in [-0.3, -0.25) is 4.79 Å². The molecule has 2 aromatic rings. The Morgan fingerprint density at radius 3 is 1.89 bits per heavy atom. The lowest BCUT2D eigenvalue weighted by Crippen LogP contribution is -2.15. The van der Waals surface area contributed by atoms with Crippen LogP contribution in [-0.4, -0.2) is 11.0 Å². The fourth-order valence-corrected chi connectivity index (χ4v) is 4.07. The van der Waals surface area contributed by atoms with Crippen molar-refractivity contribution in [3.63, 3.8) is 0 Å². The summed E-state index contributed by atoms with van der Waals surface area (Å²) in [4.78, 5) is 11.9. The molecule has 0 aliphatic heterocycles. The lowest BCUT2D eigenvalue weighted by atomic mass is 9.82. The van der Waals surface area contributed by atoms with Gasteiger partial charge < -0.3 is 10.4 Å². The van der Waals surface area contributed by atoms with Gasteiger partial charge in [-0.1, -0.05) is 52.8 Å². The quantitative estimate of drug-likeness (QED) is 0.427. The molecule has 0 aliphatic carbocycles. The van der Waals surface area contributed by atoms with Crippen molar-refractivity contribution in [1.29, 1.82) is 0 Å². The lowest BCUT2D eigenvalue weighted by molar-refractivity contribution is -0.114. The van der Waals surface area contributed by atoms with Crippen LogP contribution in [0.15, 0.2) is 24.3 Å². The van der Waals surface area contributed by atoms with Crippen molar-refractivity contribution in [2.45, 2.75) is 89.2 Å². The van der Waals surface area contributed by atoms with Gasteiger partial charge in [-0.15, -0.1) is 0 Å². The average molecular weight is 488 g/mol. The zero-order valence-electron chi connectivity index (χ0n) is 23.4. The molecular weight excluding hydrogens is 444 g/mol. The number of allylic oxidation sites excluding steroid dienone is 3. The second kappa shape index (κ2) is 14.6. The number of carbonyl (C=O) groups excluding carboxylic acids is 1. The number of hydrogen-bond donors (Lipinski definition) is 2. The van der Waals surface area contributed by atoms with Crippen LogP contribution in [0.25, 0.3) is 22.3 Å². The fourth-order valence-electron chi connectivity index (χ4n) is 4.07. The average Bonchev–Trinajstić information content (AvgIpc) is 2.82. The van der Waals surface area contributed by atoms with Gasteiger partial charge in [-0.2, -0.15) is 0 Å². The van der Waals surface area contributed by atoms with E-state index in [0.717, 1.165) is 16.7 Å². The van der Waals surface area contributed by atoms with Gasteiger partial charge in [0.2, 0.25) is 5.91 Å². The smallest absolute Gasteiger partial charge is 0.221 e. The van der Waals surface area contributed by atoms with Gasteiger partial charge in [0, 0.05) is 23.6 Å². The summed E-state index contributed by atoms with van der Waals surface area (Å²) in [6.45, 7) is 23.9. The SMILES string of the molecule is C=C(C)c1c(CO)c(CC)c(-c2c(F)ccc(C)c2C(C)=C(C)C)c(F)c1NC(C)=O.CC.CC. The van der Waals surface area contributed by atoms with Crippen LogP contribution < -0.4 is 5.32 Å². The molecule has 35 heavy (non-hydrogen) atoms. The van der Waals surface area contributed by atoms with E-state index in [1.54, 1.807) is 13.0 Å². The van der Waals surface area contributed by atoms with Gasteiger partial charge in [-0.25, -0.2) is 8.78 Å². The molecule has 2 N–H and O–H groups in total. The molecule has 0 aliphatic rings. The monoisotopic (exact) mass is 487 g/mol. The van der Waals surface area contributed by atoms with Crippen molar-refractivity contribution in [2.24, 2.45) is 0 Å². The van der Waals surface area contributed by atoms with Crippen LogP contribution in [0.1, 0.15) is 97.1 Å². The van der Waals surface area contributed by atoms with Gasteiger partial charge >= 0.3 is 0 Å². The van der Waals surface area contributed by atoms with Gasteiger partial charge in [-0.05, 0) is 80.5 Å². The first-order valence-electron chi connectivity index (χ1n) is 12.3. The fraction of sp³-hybridized carbons (Fsp3) is 0.433. The third kappa shape index (κ3) is 6.88. The van der Waals surface area contributed by atoms with E-state index in [0.29, 0.717) is 34.2 Å². The molecule has 1 amide bonds. The molecule has 0 unspecified atom stereocenters. The van der Waals surface area contributed by atoms with Crippen molar-refractivity contribution in [3.05, 3.63) is 63.7 Å². The number of aryl methyl sites for hydroxylation is 1. The molecule has 0 atom stereocenters. The summed E-state index contributed by atoms with van der Waals surface area (Å²) >= 11 is 0. The molecule has 0 spiro atoms. The van der Waals surface area contributed by atoms with Crippen LogP contribution in [0.2, 0.25) is 0 Å². The van der Waals surface area contributed by atoms with E-state index in [2.05, 4.69) is 11.9 Å². The van der Waals surface area contributed by atoms with Crippen LogP contribution >= 0.6 is 0 Å². The number of benzene rings is 2. The molecule has 194 valence electrons. The topological polar surface area (TPSA) is 49.3 Å². The van der Waals surface area contributed by atoms with Crippen molar-refractivity contribution >= 4 is 22.7 Å². The third-order valence-electron chi connectivity index (χ3n) is 5.63. The number of halogens is 2. The standard InChI is InChI=1S/C26H31F2NO2.2C2H6/c1-9-18-19(12-30)21(14(4)5)26(29-17(8)31)25(28)23(18)24-20(27)11-10-15(6)22(24)16(7)13(2)3;2*1-2/h10-11,30H,4,9,12H2,1-3,5-8H3,(H,29,31);2*1-2H3. The van der Waals surface area contributed by atoms with Gasteiger partial charge in [0.15, 0.2) is 5.82 Å². The molecule has 2 rings (SSSR count). The maximum atomic E-state index is 16.1. The van der Waals surface area contributed by atoms with Gasteiger partial charge in [0.05, 0.1) is 12.3 Å². The highest BCUT2D eigenvalue weighted by molar-refractivity contribution is 5.97. The van der Waals surface area contributed by atoms with Crippen LogP contribution in [-0.2, 0) is 17.8 Å². The molecule has 0 heterocycles. The first-order chi connectivity index (χ1) is 16.5. The predicted molar refractivity (Wildman–Crippen MR) is 147 cm³/mol. The number of anilines is 1. The number of nitrogens with one attached hydrogen (secondary N) is 1. The Labute approximate surface area is 211 Å². The number of amides is 1. The molecule has 3 nitrogen and oxygen atoms in total. The number of hydrogen-bond acceptors (Lipinski definition) is 2. The lowest BCUT2D eigenvalue weighted by Gasteiger charge is -2.25. The molecule has 5 heteroatoms. The van der Waals surface area contributed by atoms with E-state index in [1.807, 2.05) is 62.3 Å². The number of aliphatic hydroxyl groups excluding tert-OH is 1. The van der Waals surface area contributed by atoms with Crippen molar-refractivity contribution in [2.75, 3.05) is 5.32 Å². The summed E-state index contributed by atoms with van der Waals surface area (Å²) in [7, 11) is 0. The predicted octanol–water partition coefficient (Wildman–Crippen LogP) is 8.85. The Bertz CT molecular complexity index is 1090. The van der Waals surface area contributed by atoms with Crippen LogP contribution in [0, 0.1) is 18.6 Å². The number of rotatable bonds is 6. The highest BCUT2D eigenvalue weighted by Gasteiger charge is 2.28. The molecule has 0 radical (unpaired) electrons. The first-order valence-corrected chi connectivity index (χ1v) is 12.3. The molecule has 0 bridgehead atoms. The van der Waals surface area contributed by atoms with Crippen molar-refractivity contribution in [3.8, 4) is 11.1 Å². The zero-order chi connectivity index (χ0) is 27.6. The number of aliphatic hydroxyl groups is 1. The first kappa shape index (κ1) is 32.2. The molecular formula is C30H43F2NO2. The maximum Gasteiger partial charge on any atom is 0.221 e. The molecule has 0 saturated heterocycles. The Kier molecular flexibility index (Phi) is 13.4. The summed E-state index contributed by atoms with van der Waals surface area (Å²) in [6.07, 6.45) is 0.365. The molecule has 0 fully saturated rings. The Morgan fingerprint density at radius 1 is 0.943 bits per heavy atom. The van der Waals surface area contributed by atoms with E-state index >= 15 is 8.78 Å². The highest BCUT2D eigenvalue weighted by Crippen LogP contribution is 2.44. The minimum Gasteiger partial charge on any atom is -0.392 e. The summed E-state index contributed by atoms with van der Waals surface area (Å²) in [5, 5.41) is 12.8. The summed E-state index contributed by atoms with van der Waals surface area (Å²) in [6, 6.07) is 3.00.